The van der Waals surface area contributed by atoms with Crippen LogP contribution in [0.1, 0.15) is 32.6 Å². The molecule has 0 aromatic rings. The molecule has 0 aromatic heterocycles. The molecule has 0 radical (unpaired) electrons. The summed E-state index contributed by atoms with van der Waals surface area (Å²) < 4.78 is 10.9. The van der Waals surface area contributed by atoms with Crippen LogP contribution in [0.15, 0.2) is 0 Å². The average Bonchev–Trinajstić information content (AvgIpc) is 2.06. The van der Waals surface area contributed by atoms with Gasteiger partial charge in [0.1, 0.15) is 0 Å². The third-order valence-electron chi connectivity index (χ3n) is 2.06. The summed E-state index contributed by atoms with van der Waals surface area (Å²) in [7, 11) is 0. The highest BCUT2D eigenvalue weighted by atomic mass is 16.7. The highest BCUT2D eigenvalue weighted by Crippen LogP contribution is 2.15. The van der Waals surface area contributed by atoms with Crippen molar-refractivity contribution in [2.24, 2.45) is 0 Å². The van der Waals surface area contributed by atoms with E-state index in [1.807, 2.05) is 6.92 Å². The molecular formula is C9H18O3. The van der Waals surface area contributed by atoms with Gasteiger partial charge in [0, 0.05) is 13.2 Å². The number of ether oxygens (including phenoxy) is 2. The van der Waals surface area contributed by atoms with Gasteiger partial charge in [0.2, 0.25) is 0 Å². The summed E-state index contributed by atoms with van der Waals surface area (Å²) in [6.45, 7) is 2.97. The first-order chi connectivity index (χ1) is 5.83. The summed E-state index contributed by atoms with van der Waals surface area (Å²) in [6, 6.07) is 0. The predicted molar refractivity (Wildman–Crippen MR) is 45.8 cm³/mol. The van der Waals surface area contributed by atoms with E-state index in [1.54, 1.807) is 0 Å². The maximum Gasteiger partial charge on any atom is 0.157 e. The molecule has 0 saturated carbocycles. The Balaban J connectivity index is 2.11. The van der Waals surface area contributed by atoms with Crippen molar-refractivity contribution in [3.05, 3.63) is 0 Å². The molecule has 0 amide bonds. The van der Waals surface area contributed by atoms with Crippen molar-refractivity contribution in [1.29, 1.82) is 0 Å². The molecule has 1 rings (SSSR count). The van der Waals surface area contributed by atoms with E-state index in [4.69, 9.17) is 14.6 Å². The SMILES string of the molecule is C[C@H](CCO)OC1CCCCO1. The van der Waals surface area contributed by atoms with Gasteiger partial charge in [0.25, 0.3) is 0 Å². The molecule has 1 unspecified atom stereocenters. The molecule has 3 heteroatoms. The van der Waals surface area contributed by atoms with Gasteiger partial charge in [-0.25, -0.2) is 0 Å². The van der Waals surface area contributed by atoms with Gasteiger partial charge in [-0.05, 0) is 32.6 Å². The van der Waals surface area contributed by atoms with Gasteiger partial charge in [-0.1, -0.05) is 0 Å². The Labute approximate surface area is 73.7 Å². The zero-order valence-corrected chi connectivity index (χ0v) is 7.66. The molecule has 1 heterocycles. The molecule has 1 saturated heterocycles. The van der Waals surface area contributed by atoms with Crippen LogP contribution in [0.4, 0.5) is 0 Å². The van der Waals surface area contributed by atoms with E-state index in [-0.39, 0.29) is 19.0 Å². The molecule has 0 spiro atoms. The van der Waals surface area contributed by atoms with E-state index in [9.17, 15) is 0 Å². The van der Waals surface area contributed by atoms with Crippen LogP contribution in [0.3, 0.4) is 0 Å². The summed E-state index contributed by atoms with van der Waals surface area (Å²) in [5.41, 5.74) is 0. The first kappa shape index (κ1) is 9.96. The van der Waals surface area contributed by atoms with Crippen LogP contribution in [0.2, 0.25) is 0 Å². The fourth-order valence-electron chi connectivity index (χ4n) is 1.33. The fourth-order valence-corrected chi connectivity index (χ4v) is 1.33. The Hall–Kier alpha value is -0.120. The molecule has 0 aliphatic carbocycles. The maximum atomic E-state index is 8.65. The molecule has 3 nitrogen and oxygen atoms in total. The van der Waals surface area contributed by atoms with Crippen LogP contribution in [0, 0.1) is 0 Å². The Morgan fingerprint density at radius 3 is 3.00 bits per heavy atom. The second-order valence-corrected chi connectivity index (χ2v) is 3.26. The van der Waals surface area contributed by atoms with Gasteiger partial charge in [0.05, 0.1) is 6.10 Å². The minimum Gasteiger partial charge on any atom is -0.396 e. The van der Waals surface area contributed by atoms with Crippen molar-refractivity contribution in [2.45, 2.75) is 45.0 Å². The topological polar surface area (TPSA) is 38.7 Å². The van der Waals surface area contributed by atoms with Crippen molar-refractivity contribution < 1.29 is 14.6 Å². The largest absolute Gasteiger partial charge is 0.396 e. The molecule has 1 aliphatic rings. The van der Waals surface area contributed by atoms with Crippen molar-refractivity contribution >= 4 is 0 Å². The molecular weight excluding hydrogens is 156 g/mol. The number of rotatable bonds is 4. The number of hydrogen-bond acceptors (Lipinski definition) is 3. The van der Waals surface area contributed by atoms with Crippen molar-refractivity contribution in [3.63, 3.8) is 0 Å². The lowest BCUT2D eigenvalue weighted by Gasteiger charge is -2.25. The summed E-state index contributed by atoms with van der Waals surface area (Å²) in [5, 5.41) is 8.65. The van der Waals surface area contributed by atoms with Crippen LogP contribution in [0.25, 0.3) is 0 Å². The van der Waals surface area contributed by atoms with Gasteiger partial charge < -0.3 is 14.6 Å². The van der Waals surface area contributed by atoms with E-state index in [0.717, 1.165) is 19.4 Å². The average molecular weight is 174 g/mol. The van der Waals surface area contributed by atoms with Crippen molar-refractivity contribution in [2.75, 3.05) is 13.2 Å². The fraction of sp³-hybridized carbons (Fsp3) is 1.00. The molecule has 2 atom stereocenters. The Kier molecular flexibility index (Phi) is 4.58. The van der Waals surface area contributed by atoms with Gasteiger partial charge in [0.15, 0.2) is 6.29 Å². The Morgan fingerprint density at radius 1 is 1.58 bits per heavy atom. The zero-order valence-electron chi connectivity index (χ0n) is 7.66. The third-order valence-corrected chi connectivity index (χ3v) is 2.06. The van der Waals surface area contributed by atoms with Crippen molar-refractivity contribution in [1.82, 2.24) is 0 Å². The number of aliphatic hydroxyl groups excluding tert-OH is 1. The first-order valence-corrected chi connectivity index (χ1v) is 4.71. The van der Waals surface area contributed by atoms with Gasteiger partial charge in [-0.15, -0.1) is 0 Å². The zero-order chi connectivity index (χ0) is 8.81. The van der Waals surface area contributed by atoms with Crippen LogP contribution in [0.5, 0.6) is 0 Å². The smallest absolute Gasteiger partial charge is 0.157 e. The van der Waals surface area contributed by atoms with E-state index in [2.05, 4.69) is 0 Å². The monoisotopic (exact) mass is 174 g/mol. The maximum absolute atomic E-state index is 8.65. The number of aliphatic hydroxyl groups is 1. The minimum atomic E-state index is -0.0275. The second kappa shape index (κ2) is 5.51. The first-order valence-electron chi connectivity index (χ1n) is 4.71. The highest BCUT2D eigenvalue weighted by Gasteiger charge is 2.16. The quantitative estimate of drug-likeness (QED) is 0.698. The summed E-state index contributed by atoms with van der Waals surface area (Å²) in [6.07, 6.45) is 4.11. The van der Waals surface area contributed by atoms with Gasteiger partial charge >= 0.3 is 0 Å². The molecule has 1 N–H and O–H groups in total. The van der Waals surface area contributed by atoms with E-state index < -0.39 is 0 Å². The van der Waals surface area contributed by atoms with Gasteiger partial charge in [-0.2, -0.15) is 0 Å². The van der Waals surface area contributed by atoms with Crippen molar-refractivity contribution in [3.8, 4) is 0 Å². The van der Waals surface area contributed by atoms with E-state index in [0.29, 0.717) is 6.42 Å². The Morgan fingerprint density at radius 2 is 2.42 bits per heavy atom. The van der Waals surface area contributed by atoms with Crippen LogP contribution in [-0.4, -0.2) is 30.7 Å². The summed E-state index contributed by atoms with van der Waals surface area (Å²) in [5.74, 6) is 0. The molecule has 1 aliphatic heterocycles. The Bertz CT molecular complexity index is 110. The second-order valence-electron chi connectivity index (χ2n) is 3.26. The summed E-state index contributed by atoms with van der Waals surface area (Å²) >= 11 is 0. The minimum absolute atomic E-state index is 0.0275. The lowest BCUT2D eigenvalue weighted by Crippen LogP contribution is -2.26. The standard InChI is InChI=1S/C9H18O3/c1-8(5-6-10)12-9-4-2-3-7-11-9/h8-10H,2-7H2,1H3/t8-,9?/m1/s1. The molecule has 1 fully saturated rings. The highest BCUT2D eigenvalue weighted by molar-refractivity contribution is 4.57. The molecule has 0 bridgehead atoms. The number of hydrogen-bond donors (Lipinski definition) is 1. The molecule has 0 aromatic carbocycles. The third kappa shape index (κ3) is 3.52. The summed E-state index contributed by atoms with van der Waals surface area (Å²) in [4.78, 5) is 0. The lowest BCUT2D eigenvalue weighted by molar-refractivity contribution is -0.186. The van der Waals surface area contributed by atoms with E-state index in [1.165, 1.54) is 6.42 Å². The van der Waals surface area contributed by atoms with E-state index >= 15 is 0 Å². The van der Waals surface area contributed by atoms with Crippen LogP contribution < -0.4 is 0 Å². The predicted octanol–water partition coefficient (Wildman–Crippen LogP) is 1.30. The van der Waals surface area contributed by atoms with Gasteiger partial charge in [-0.3, -0.25) is 0 Å². The normalized spacial score (nSPS) is 27.0. The van der Waals surface area contributed by atoms with Crippen LogP contribution >= 0.6 is 0 Å². The molecule has 12 heavy (non-hydrogen) atoms. The molecule has 72 valence electrons. The van der Waals surface area contributed by atoms with Crippen LogP contribution in [-0.2, 0) is 9.47 Å². The lowest BCUT2D eigenvalue weighted by atomic mass is 10.2.